The molecule has 0 saturated carbocycles. The van der Waals surface area contributed by atoms with Gasteiger partial charge in [-0.3, -0.25) is 4.79 Å². The van der Waals surface area contributed by atoms with Gasteiger partial charge < -0.3 is 5.73 Å². The van der Waals surface area contributed by atoms with Gasteiger partial charge in [0.1, 0.15) is 0 Å². The Bertz CT molecular complexity index is 571. The van der Waals surface area contributed by atoms with Crippen LogP contribution in [0.5, 0.6) is 0 Å². The van der Waals surface area contributed by atoms with Gasteiger partial charge in [-0.25, -0.2) is 12.7 Å². The van der Waals surface area contributed by atoms with Gasteiger partial charge in [-0.1, -0.05) is 37.3 Å². The zero-order chi connectivity index (χ0) is 14.8. The van der Waals surface area contributed by atoms with Gasteiger partial charge in [0.25, 0.3) is 0 Å². The summed E-state index contributed by atoms with van der Waals surface area (Å²) in [6.45, 7) is 2.46. The Morgan fingerprint density at radius 2 is 1.95 bits per heavy atom. The molecule has 5 nitrogen and oxygen atoms in total. The van der Waals surface area contributed by atoms with Crippen molar-refractivity contribution in [1.82, 2.24) is 4.31 Å². The number of nitrogens with zero attached hydrogens (tertiary/aromatic N) is 1. The minimum absolute atomic E-state index is 0.0148. The second-order valence-corrected chi connectivity index (χ2v) is 7.44. The molecule has 110 valence electrons. The summed E-state index contributed by atoms with van der Waals surface area (Å²) >= 11 is 0. The van der Waals surface area contributed by atoms with E-state index in [-0.39, 0.29) is 24.1 Å². The van der Waals surface area contributed by atoms with E-state index in [1.807, 2.05) is 37.3 Å². The number of carbonyl (C=O) groups excluding carboxylic acids is 1. The molecule has 2 atom stereocenters. The highest BCUT2D eigenvalue weighted by Gasteiger charge is 2.38. The maximum Gasteiger partial charge on any atom is 0.222 e. The Kier molecular flexibility index (Phi) is 4.45. The van der Waals surface area contributed by atoms with Gasteiger partial charge in [0.2, 0.25) is 15.9 Å². The van der Waals surface area contributed by atoms with Crippen molar-refractivity contribution < 1.29 is 13.2 Å². The number of hydrogen-bond donors (Lipinski definition) is 1. The van der Waals surface area contributed by atoms with E-state index in [4.69, 9.17) is 5.73 Å². The summed E-state index contributed by atoms with van der Waals surface area (Å²) in [5.74, 6) is -0.742. The molecule has 0 spiro atoms. The lowest BCUT2D eigenvalue weighted by Gasteiger charge is -2.16. The number of amides is 1. The first kappa shape index (κ1) is 15.0. The molecule has 0 bridgehead atoms. The fourth-order valence-corrected chi connectivity index (χ4v) is 4.14. The molecule has 0 radical (unpaired) electrons. The third kappa shape index (κ3) is 3.37. The largest absolute Gasteiger partial charge is 0.369 e. The van der Waals surface area contributed by atoms with Gasteiger partial charge >= 0.3 is 0 Å². The number of sulfonamides is 1. The Morgan fingerprint density at radius 1 is 1.30 bits per heavy atom. The minimum Gasteiger partial charge on any atom is -0.369 e. The minimum atomic E-state index is -3.33. The summed E-state index contributed by atoms with van der Waals surface area (Å²) in [5, 5.41) is 0. The normalized spacial score (nSPS) is 23.9. The topological polar surface area (TPSA) is 80.5 Å². The van der Waals surface area contributed by atoms with E-state index in [9.17, 15) is 13.2 Å². The van der Waals surface area contributed by atoms with Crippen LogP contribution in [0.25, 0.3) is 0 Å². The molecular weight excluding hydrogens is 276 g/mol. The van der Waals surface area contributed by atoms with E-state index in [2.05, 4.69) is 0 Å². The fourth-order valence-electron chi connectivity index (χ4n) is 2.54. The number of hydrogen-bond acceptors (Lipinski definition) is 3. The maximum atomic E-state index is 12.3. The van der Waals surface area contributed by atoms with Crippen LogP contribution in [0, 0.1) is 11.8 Å². The van der Waals surface area contributed by atoms with Gasteiger partial charge in [-0.2, -0.15) is 0 Å². The third-order valence-corrected chi connectivity index (χ3v) is 5.63. The quantitative estimate of drug-likeness (QED) is 0.864. The Labute approximate surface area is 119 Å². The van der Waals surface area contributed by atoms with E-state index in [1.54, 1.807) is 0 Å². The molecule has 1 saturated heterocycles. The maximum absolute atomic E-state index is 12.3. The van der Waals surface area contributed by atoms with Crippen LogP contribution in [0.3, 0.4) is 0 Å². The standard InChI is InChI=1S/C14H20N2O3S/c1-11-9-16(10-13(11)14(15)17)20(18,19)8-7-12-5-3-2-4-6-12/h2-6,11,13H,7-10H2,1H3,(H2,15,17)/t11-,13-/m1/s1. The summed E-state index contributed by atoms with van der Waals surface area (Å²) in [5.41, 5.74) is 6.29. The molecule has 2 rings (SSSR count). The summed E-state index contributed by atoms with van der Waals surface area (Å²) in [6.07, 6.45) is 0.481. The van der Waals surface area contributed by atoms with Gasteiger partial charge in [0, 0.05) is 13.1 Å². The molecule has 2 N–H and O–H groups in total. The lowest BCUT2D eigenvalue weighted by atomic mass is 9.98. The SMILES string of the molecule is C[C@@H]1CN(S(=O)(=O)CCc2ccccc2)C[C@H]1C(N)=O. The molecule has 0 aromatic heterocycles. The van der Waals surface area contributed by atoms with Crippen molar-refractivity contribution in [3.63, 3.8) is 0 Å². The third-order valence-electron chi connectivity index (χ3n) is 3.83. The number of rotatable bonds is 5. The second-order valence-electron chi connectivity index (χ2n) is 5.35. The van der Waals surface area contributed by atoms with Crippen LogP contribution in [0.2, 0.25) is 0 Å². The zero-order valence-corrected chi connectivity index (χ0v) is 12.3. The van der Waals surface area contributed by atoms with Crippen LogP contribution in [-0.2, 0) is 21.2 Å². The average Bonchev–Trinajstić information content (AvgIpc) is 2.81. The van der Waals surface area contributed by atoms with E-state index >= 15 is 0 Å². The van der Waals surface area contributed by atoms with Crippen molar-refractivity contribution in [1.29, 1.82) is 0 Å². The highest BCUT2D eigenvalue weighted by molar-refractivity contribution is 7.89. The van der Waals surface area contributed by atoms with Gasteiger partial charge in [0.15, 0.2) is 0 Å². The average molecular weight is 296 g/mol. The zero-order valence-electron chi connectivity index (χ0n) is 11.5. The second kappa shape index (κ2) is 5.93. The van der Waals surface area contributed by atoms with Crippen molar-refractivity contribution in [2.24, 2.45) is 17.6 Å². The molecule has 1 aromatic rings. The number of benzene rings is 1. The van der Waals surface area contributed by atoms with Crippen molar-refractivity contribution in [3.05, 3.63) is 35.9 Å². The number of carbonyl (C=O) groups is 1. The number of aryl methyl sites for hydroxylation is 1. The van der Waals surface area contributed by atoms with E-state index < -0.39 is 15.9 Å². The van der Waals surface area contributed by atoms with Crippen molar-refractivity contribution in [2.75, 3.05) is 18.8 Å². The summed E-state index contributed by atoms with van der Waals surface area (Å²) in [4.78, 5) is 11.3. The van der Waals surface area contributed by atoms with Crippen LogP contribution < -0.4 is 5.73 Å². The fraction of sp³-hybridized carbons (Fsp3) is 0.500. The summed E-state index contributed by atoms with van der Waals surface area (Å²) in [7, 11) is -3.33. The van der Waals surface area contributed by atoms with Crippen molar-refractivity contribution >= 4 is 15.9 Å². The molecule has 1 fully saturated rings. The highest BCUT2D eigenvalue weighted by atomic mass is 32.2. The Morgan fingerprint density at radius 3 is 2.50 bits per heavy atom. The van der Waals surface area contributed by atoms with Crippen LogP contribution >= 0.6 is 0 Å². The molecule has 1 aromatic carbocycles. The Balaban J connectivity index is 1.99. The molecule has 0 aliphatic carbocycles. The van der Waals surface area contributed by atoms with Gasteiger partial charge in [-0.15, -0.1) is 0 Å². The highest BCUT2D eigenvalue weighted by Crippen LogP contribution is 2.25. The number of nitrogens with two attached hydrogens (primary N) is 1. The monoisotopic (exact) mass is 296 g/mol. The Hall–Kier alpha value is -1.40. The van der Waals surface area contributed by atoms with Crippen molar-refractivity contribution in [3.8, 4) is 0 Å². The van der Waals surface area contributed by atoms with E-state index in [0.29, 0.717) is 13.0 Å². The molecule has 20 heavy (non-hydrogen) atoms. The van der Waals surface area contributed by atoms with E-state index in [0.717, 1.165) is 5.56 Å². The summed E-state index contributed by atoms with van der Waals surface area (Å²) < 4.78 is 26.0. The van der Waals surface area contributed by atoms with Gasteiger partial charge in [0.05, 0.1) is 11.7 Å². The van der Waals surface area contributed by atoms with Crippen LogP contribution in [-0.4, -0.2) is 37.5 Å². The van der Waals surface area contributed by atoms with E-state index in [1.165, 1.54) is 4.31 Å². The van der Waals surface area contributed by atoms with Crippen LogP contribution in [0.4, 0.5) is 0 Å². The molecule has 1 amide bonds. The molecule has 1 aliphatic rings. The predicted octanol–water partition coefficient (Wildman–Crippen LogP) is 0.612. The van der Waals surface area contributed by atoms with Crippen LogP contribution in [0.15, 0.2) is 30.3 Å². The molecule has 1 heterocycles. The first-order valence-corrected chi connectivity index (χ1v) is 8.32. The van der Waals surface area contributed by atoms with Crippen LogP contribution in [0.1, 0.15) is 12.5 Å². The molecule has 1 aliphatic heterocycles. The first-order chi connectivity index (χ1) is 9.40. The molecule has 6 heteroatoms. The molecule has 0 unspecified atom stereocenters. The van der Waals surface area contributed by atoms with Gasteiger partial charge in [-0.05, 0) is 17.9 Å². The predicted molar refractivity (Wildman–Crippen MR) is 77.4 cm³/mol. The summed E-state index contributed by atoms with van der Waals surface area (Å²) in [6, 6.07) is 9.51. The molecular formula is C14H20N2O3S. The smallest absolute Gasteiger partial charge is 0.222 e. The first-order valence-electron chi connectivity index (χ1n) is 6.71. The number of primary amides is 1. The lowest BCUT2D eigenvalue weighted by Crippen LogP contribution is -2.33. The lowest BCUT2D eigenvalue weighted by molar-refractivity contribution is -0.122. The van der Waals surface area contributed by atoms with Crippen molar-refractivity contribution in [2.45, 2.75) is 13.3 Å².